The molecule has 178 valence electrons. The lowest BCUT2D eigenvalue weighted by Gasteiger charge is -2.65. The molecule has 0 N–H and O–H groups in total. The lowest BCUT2D eigenvalue weighted by molar-refractivity contribution is -0.0440. The first-order valence-corrected chi connectivity index (χ1v) is 14.1. The molecule has 0 atom stereocenters. The Morgan fingerprint density at radius 1 is 0.500 bits per heavy atom. The zero-order valence-electron chi connectivity index (χ0n) is 20.5. The lowest BCUT2D eigenvalue weighted by Crippen LogP contribution is -2.59. The molecule has 1 heteroatoms. The highest BCUT2D eigenvalue weighted by Crippen LogP contribution is 2.69. The van der Waals surface area contributed by atoms with E-state index in [4.69, 9.17) is 11.6 Å². The topological polar surface area (TPSA) is 0 Å². The molecule has 36 heavy (non-hydrogen) atoms. The normalized spacial score (nSPS) is 30.7. The third-order valence-corrected chi connectivity index (χ3v) is 10.7. The molecule has 0 radical (unpaired) electrons. The second-order valence-corrected chi connectivity index (χ2v) is 12.3. The smallest absolute Gasteiger partial charge is 0.0707 e. The second-order valence-electron chi connectivity index (χ2n) is 11.9. The van der Waals surface area contributed by atoms with Crippen molar-refractivity contribution in [2.45, 2.75) is 42.9 Å². The molecule has 0 unspecified atom stereocenters. The van der Waals surface area contributed by atoms with E-state index < -0.39 is 0 Å². The van der Waals surface area contributed by atoms with Crippen LogP contribution in [0.4, 0.5) is 0 Å². The van der Waals surface area contributed by atoms with Gasteiger partial charge in [0.15, 0.2) is 0 Å². The van der Waals surface area contributed by atoms with Crippen molar-refractivity contribution in [1.82, 2.24) is 0 Å². The number of hydrogen-bond acceptors (Lipinski definition) is 0. The largest absolute Gasteiger partial charge is 0.0843 e. The molecule has 5 aliphatic carbocycles. The van der Waals surface area contributed by atoms with Crippen LogP contribution in [0.25, 0.3) is 0 Å². The Balaban J connectivity index is 1.54. The monoisotopic (exact) mass is 486 g/mol. The SMILES string of the molecule is Clc1ccc2c(c1)C1(c3ccccc3C2(c2ccccc2)c2ccccc2)C2CC3CC(C2)CC1C3. The van der Waals surface area contributed by atoms with Gasteiger partial charge in [-0.3, -0.25) is 0 Å². The predicted octanol–water partition coefficient (Wildman–Crippen LogP) is 8.78. The van der Waals surface area contributed by atoms with Gasteiger partial charge in [0.2, 0.25) is 0 Å². The van der Waals surface area contributed by atoms with Crippen LogP contribution in [-0.2, 0) is 10.8 Å². The van der Waals surface area contributed by atoms with Crippen LogP contribution in [0.1, 0.15) is 65.5 Å². The summed E-state index contributed by atoms with van der Waals surface area (Å²) in [7, 11) is 0. The highest BCUT2D eigenvalue weighted by molar-refractivity contribution is 6.30. The molecular weight excluding hydrogens is 456 g/mol. The molecule has 0 heterocycles. The molecule has 4 fully saturated rings. The van der Waals surface area contributed by atoms with Crippen LogP contribution in [-0.4, -0.2) is 0 Å². The zero-order valence-corrected chi connectivity index (χ0v) is 21.3. The van der Waals surface area contributed by atoms with E-state index >= 15 is 0 Å². The first-order chi connectivity index (χ1) is 17.7. The molecule has 0 aliphatic heterocycles. The Morgan fingerprint density at radius 2 is 1.00 bits per heavy atom. The van der Waals surface area contributed by atoms with Gasteiger partial charge in [-0.05, 0) is 101 Å². The standard InChI is InChI=1S/C35H31Cl/c36-29-15-16-32-33(22-29)35(27-18-23-17-24(20-27)21-28(35)19-23)31-14-8-7-13-30(31)34(32,25-9-3-1-4-10-25)26-11-5-2-6-12-26/h1-16,22-24,27-28H,17-21H2. The summed E-state index contributed by atoms with van der Waals surface area (Å²) in [6, 6.07) is 38.8. The molecule has 0 saturated heterocycles. The van der Waals surface area contributed by atoms with Gasteiger partial charge in [0.05, 0.1) is 5.41 Å². The van der Waals surface area contributed by atoms with Gasteiger partial charge in [-0.2, -0.15) is 0 Å². The Bertz CT molecular complexity index is 1380. The number of rotatable bonds is 2. The van der Waals surface area contributed by atoms with Crippen molar-refractivity contribution in [3.8, 4) is 0 Å². The van der Waals surface area contributed by atoms with Crippen molar-refractivity contribution < 1.29 is 0 Å². The van der Waals surface area contributed by atoms with E-state index in [-0.39, 0.29) is 10.8 Å². The summed E-state index contributed by atoms with van der Waals surface area (Å²) in [6.07, 6.45) is 6.95. The average molecular weight is 487 g/mol. The Hall–Kier alpha value is -2.83. The first kappa shape index (κ1) is 21.3. The molecule has 4 aromatic rings. The third-order valence-electron chi connectivity index (χ3n) is 10.4. The number of hydrogen-bond donors (Lipinski definition) is 0. The lowest BCUT2D eigenvalue weighted by atomic mass is 9.38. The van der Waals surface area contributed by atoms with Crippen molar-refractivity contribution in [2.24, 2.45) is 23.7 Å². The molecule has 4 saturated carbocycles. The number of benzene rings is 4. The number of halogens is 1. The van der Waals surface area contributed by atoms with Gasteiger partial charge < -0.3 is 0 Å². The van der Waals surface area contributed by atoms with E-state index in [0.29, 0.717) is 11.8 Å². The van der Waals surface area contributed by atoms with Crippen molar-refractivity contribution in [1.29, 1.82) is 0 Å². The summed E-state index contributed by atoms with van der Waals surface area (Å²) < 4.78 is 0. The fraction of sp³-hybridized carbons (Fsp3) is 0.314. The predicted molar refractivity (Wildman–Crippen MR) is 148 cm³/mol. The second kappa shape index (κ2) is 7.59. The summed E-state index contributed by atoms with van der Waals surface area (Å²) in [5, 5.41) is 0.872. The minimum Gasteiger partial charge on any atom is -0.0843 e. The quantitative estimate of drug-likeness (QED) is 0.265. The summed E-state index contributed by atoms with van der Waals surface area (Å²) in [5.74, 6) is 3.25. The van der Waals surface area contributed by atoms with Gasteiger partial charge in [-0.15, -0.1) is 0 Å². The fourth-order valence-corrected chi connectivity index (χ4v) is 9.79. The molecule has 0 amide bonds. The minimum absolute atomic E-state index is 0.0668. The number of fused-ring (bicyclic) bond motifs is 2. The molecule has 0 nitrogen and oxygen atoms in total. The van der Waals surface area contributed by atoms with Gasteiger partial charge in [-0.1, -0.05) is 103 Å². The molecule has 1 spiro atoms. The maximum absolute atomic E-state index is 6.89. The van der Waals surface area contributed by atoms with E-state index in [2.05, 4.69) is 103 Å². The molecular formula is C35H31Cl. The van der Waals surface area contributed by atoms with E-state index in [9.17, 15) is 0 Å². The van der Waals surface area contributed by atoms with Gasteiger partial charge in [0.1, 0.15) is 0 Å². The van der Waals surface area contributed by atoms with Crippen molar-refractivity contribution in [2.75, 3.05) is 0 Å². The van der Waals surface area contributed by atoms with Gasteiger partial charge >= 0.3 is 0 Å². The minimum atomic E-state index is -0.362. The first-order valence-electron chi connectivity index (χ1n) is 13.7. The summed E-state index contributed by atoms with van der Waals surface area (Å²) in [5.41, 5.74) is 8.38. The van der Waals surface area contributed by atoms with E-state index in [1.807, 2.05) is 0 Å². The maximum atomic E-state index is 6.89. The van der Waals surface area contributed by atoms with E-state index in [1.54, 1.807) is 5.56 Å². The highest BCUT2D eigenvalue weighted by atomic mass is 35.5. The van der Waals surface area contributed by atoms with Crippen molar-refractivity contribution in [3.63, 3.8) is 0 Å². The van der Waals surface area contributed by atoms with Crippen molar-refractivity contribution in [3.05, 3.63) is 142 Å². The summed E-state index contributed by atoms with van der Waals surface area (Å²) >= 11 is 6.89. The van der Waals surface area contributed by atoms with Crippen molar-refractivity contribution >= 4 is 11.6 Å². The molecule has 5 aliphatic rings. The molecule has 9 rings (SSSR count). The average Bonchev–Trinajstić information content (AvgIpc) is 2.92. The fourth-order valence-electron chi connectivity index (χ4n) is 9.62. The maximum Gasteiger partial charge on any atom is 0.0707 e. The molecule has 4 bridgehead atoms. The van der Waals surface area contributed by atoms with E-state index in [0.717, 1.165) is 16.9 Å². The van der Waals surface area contributed by atoms with E-state index in [1.165, 1.54) is 59.9 Å². The van der Waals surface area contributed by atoms with Gasteiger partial charge in [0.25, 0.3) is 0 Å². The van der Waals surface area contributed by atoms with Crippen LogP contribution in [0.5, 0.6) is 0 Å². The summed E-state index contributed by atoms with van der Waals surface area (Å²) in [4.78, 5) is 0. The third kappa shape index (κ3) is 2.57. The molecule has 4 aromatic carbocycles. The highest BCUT2D eigenvalue weighted by Gasteiger charge is 2.63. The molecule has 0 aromatic heterocycles. The van der Waals surface area contributed by atoms with Crippen LogP contribution in [0.3, 0.4) is 0 Å². The van der Waals surface area contributed by atoms with Crippen LogP contribution in [0, 0.1) is 23.7 Å². The Labute approximate surface area is 219 Å². The Kier molecular flexibility index (Phi) is 4.49. The van der Waals surface area contributed by atoms with Crippen LogP contribution in [0.2, 0.25) is 5.02 Å². The zero-order chi connectivity index (χ0) is 23.9. The van der Waals surface area contributed by atoms with Gasteiger partial charge in [0, 0.05) is 10.4 Å². The van der Waals surface area contributed by atoms with Gasteiger partial charge in [-0.25, -0.2) is 0 Å². The van der Waals surface area contributed by atoms with Crippen LogP contribution in [0.15, 0.2) is 103 Å². The van der Waals surface area contributed by atoms with Crippen LogP contribution < -0.4 is 0 Å². The Morgan fingerprint density at radius 3 is 1.58 bits per heavy atom. The summed E-state index contributed by atoms with van der Waals surface area (Å²) in [6.45, 7) is 0. The van der Waals surface area contributed by atoms with Crippen LogP contribution >= 0.6 is 11.6 Å².